The Hall–Kier alpha value is -3.23. The van der Waals surface area contributed by atoms with E-state index >= 15 is 0 Å². The third-order valence-electron chi connectivity index (χ3n) is 3.60. The number of allylic oxidation sites excluding steroid dienone is 5. The van der Waals surface area contributed by atoms with Crippen LogP contribution in [0.15, 0.2) is 65.4 Å². The van der Waals surface area contributed by atoms with E-state index in [9.17, 15) is 4.39 Å². The maximum atomic E-state index is 14.1. The van der Waals surface area contributed by atoms with Crippen LogP contribution in [0.4, 0.5) is 10.1 Å². The number of hydrogen-bond donors (Lipinski definition) is 2. The topological polar surface area (TPSA) is 103 Å². The lowest BCUT2D eigenvalue weighted by atomic mass is 10.2. The molecule has 0 radical (unpaired) electrons. The second-order valence-corrected chi connectivity index (χ2v) is 5.39. The van der Waals surface area contributed by atoms with Crippen molar-refractivity contribution >= 4 is 17.0 Å². The van der Waals surface area contributed by atoms with Crippen molar-refractivity contribution < 1.29 is 13.7 Å². The molecule has 0 bridgehead atoms. The molecule has 0 fully saturated rings. The molecule has 0 spiro atoms. The molecular weight excluding hydrogens is 349 g/mol. The molecule has 8 heteroatoms. The molecule has 1 aromatic heterocycles. The van der Waals surface area contributed by atoms with Crippen molar-refractivity contribution in [1.29, 1.82) is 0 Å². The molecule has 1 aromatic carbocycles. The van der Waals surface area contributed by atoms with Gasteiger partial charge in [-0.25, -0.2) is 10.2 Å². The summed E-state index contributed by atoms with van der Waals surface area (Å²) in [6.45, 7) is 5.62. The standard InChI is InChI=1S/C19H22FN5O2/c1-4-6-9-13(5-2)18-23-19(27-24-18)17(21)16(12-26-3)25(22)15-11-8-7-10-14(15)20/h4-11H,2,12,21-22H2,1,3H3/b6-4-,13-9+,17-16-. The van der Waals surface area contributed by atoms with Gasteiger partial charge in [0.15, 0.2) is 0 Å². The summed E-state index contributed by atoms with van der Waals surface area (Å²) < 4.78 is 24.5. The third kappa shape index (κ3) is 4.69. The summed E-state index contributed by atoms with van der Waals surface area (Å²) in [5.74, 6) is 5.92. The van der Waals surface area contributed by atoms with Crippen LogP contribution in [0, 0.1) is 5.82 Å². The molecule has 4 N–H and O–H groups in total. The highest BCUT2D eigenvalue weighted by Gasteiger charge is 2.20. The minimum Gasteiger partial charge on any atom is -0.393 e. The summed E-state index contributed by atoms with van der Waals surface area (Å²) in [6, 6.07) is 6.04. The number of methoxy groups -OCH3 is 1. The number of hydrogen-bond acceptors (Lipinski definition) is 7. The molecule has 0 aliphatic carbocycles. The largest absolute Gasteiger partial charge is 0.393 e. The van der Waals surface area contributed by atoms with Crippen LogP contribution in [0.5, 0.6) is 0 Å². The molecule has 0 amide bonds. The zero-order chi connectivity index (χ0) is 19.8. The van der Waals surface area contributed by atoms with E-state index in [2.05, 4.69) is 16.7 Å². The number of nitrogens with two attached hydrogens (primary N) is 2. The fourth-order valence-corrected chi connectivity index (χ4v) is 2.21. The highest BCUT2D eigenvalue weighted by atomic mass is 19.1. The maximum absolute atomic E-state index is 14.1. The summed E-state index contributed by atoms with van der Waals surface area (Å²) in [7, 11) is 1.47. The van der Waals surface area contributed by atoms with Gasteiger partial charge >= 0.3 is 0 Å². The van der Waals surface area contributed by atoms with E-state index in [1.165, 1.54) is 19.2 Å². The highest BCUT2D eigenvalue weighted by Crippen LogP contribution is 2.24. The predicted molar refractivity (Wildman–Crippen MR) is 103 cm³/mol. The van der Waals surface area contributed by atoms with E-state index in [-0.39, 0.29) is 29.6 Å². The Morgan fingerprint density at radius 2 is 2.15 bits per heavy atom. The second kappa shape index (κ2) is 9.46. The monoisotopic (exact) mass is 371 g/mol. The highest BCUT2D eigenvalue weighted by molar-refractivity contribution is 5.72. The fraction of sp³-hybridized carbons (Fsp3) is 0.158. The Balaban J connectivity index is 2.46. The minimum atomic E-state index is -0.504. The maximum Gasteiger partial charge on any atom is 0.276 e. The van der Waals surface area contributed by atoms with Crippen molar-refractivity contribution in [2.24, 2.45) is 11.6 Å². The molecule has 0 saturated carbocycles. The fourth-order valence-electron chi connectivity index (χ4n) is 2.21. The van der Waals surface area contributed by atoms with Gasteiger partial charge in [0.2, 0.25) is 5.82 Å². The molecule has 0 saturated heterocycles. The van der Waals surface area contributed by atoms with Gasteiger partial charge in [-0.2, -0.15) is 4.98 Å². The lowest BCUT2D eigenvalue weighted by Gasteiger charge is -2.23. The van der Waals surface area contributed by atoms with E-state index in [4.69, 9.17) is 20.8 Å². The van der Waals surface area contributed by atoms with Crippen LogP contribution < -0.4 is 16.6 Å². The van der Waals surface area contributed by atoms with Crippen LogP contribution in [-0.2, 0) is 4.74 Å². The van der Waals surface area contributed by atoms with Crippen molar-refractivity contribution in [3.05, 3.63) is 78.4 Å². The number of halogens is 1. The molecule has 1 heterocycles. The molecule has 0 aliphatic heterocycles. The van der Waals surface area contributed by atoms with Gasteiger partial charge in [0.25, 0.3) is 5.89 Å². The van der Waals surface area contributed by atoms with E-state index in [0.29, 0.717) is 11.4 Å². The smallest absolute Gasteiger partial charge is 0.276 e. The summed E-state index contributed by atoms with van der Waals surface area (Å²) >= 11 is 0. The zero-order valence-corrected chi connectivity index (χ0v) is 15.2. The number of nitrogens with zero attached hydrogens (tertiary/aromatic N) is 3. The van der Waals surface area contributed by atoms with Gasteiger partial charge in [0, 0.05) is 12.7 Å². The number of rotatable bonds is 8. The van der Waals surface area contributed by atoms with Crippen molar-refractivity contribution in [1.82, 2.24) is 10.1 Å². The normalized spacial score (nSPS) is 13.0. The van der Waals surface area contributed by atoms with Crippen LogP contribution in [0.3, 0.4) is 0 Å². The Bertz CT molecular complexity index is 886. The average molecular weight is 371 g/mol. The van der Waals surface area contributed by atoms with E-state index < -0.39 is 5.82 Å². The zero-order valence-electron chi connectivity index (χ0n) is 15.2. The molecule has 2 aromatic rings. The Morgan fingerprint density at radius 3 is 2.78 bits per heavy atom. The van der Waals surface area contributed by atoms with Gasteiger partial charge < -0.3 is 15.0 Å². The molecule has 0 aliphatic rings. The first-order valence-electron chi connectivity index (χ1n) is 8.10. The number of anilines is 1. The summed E-state index contributed by atoms with van der Waals surface area (Å²) in [6.07, 6.45) is 7.06. The first-order chi connectivity index (χ1) is 13.0. The van der Waals surface area contributed by atoms with Crippen molar-refractivity contribution in [3.63, 3.8) is 0 Å². The Labute approximate surface area is 157 Å². The predicted octanol–water partition coefficient (Wildman–Crippen LogP) is 3.01. The van der Waals surface area contributed by atoms with Crippen LogP contribution >= 0.6 is 0 Å². The quantitative estimate of drug-likeness (QED) is 0.418. The Kier molecular flexibility index (Phi) is 7.04. The molecular formula is C19H22FN5O2. The molecule has 27 heavy (non-hydrogen) atoms. The minimum absolute atomic E-state index is 0.0110. The van der Waals surface area contributed by atoms with E-state index in [1.807, 2.05) is 19.1 Å². The van der Waals surface area contributed by atoms with Crippen molar-refractivity contribution in [2.75, 3.05) is 18.7 Å². The SMILES string of the molecule is C=C/C(=C\C=C/C)c1noc(/C(N)=C(\COC)N(N)c2ccccc2F)n1. The second-order valence-electron chi connectivity index (χ2n) is 5.39. The van der Waals surface area contributed by atoms with Gasteiger partial charge in [-0.3, -0.25) is 5.01 Å². The lowest BCUT2D eigenvalue weighted by molar-refractivity contribution is 0.223. The van der Waals surface area contributed by atoms with Gasteiger partial charge in [0.05, 0.1) is 18.0 Å². The summed E-state index contributed by atoms with van der Waals surface area (Å²) in [5.41, 5.74) is 7.31. The molecule has 0 unspecified atom stereocenters. The number of hydrazine groups is 1. The van der Waals surface area contributed by atoms with Gasteiger partial charge in [-0.1, -0.05) is 48.2 Å². The number of ether oxygens (including phenoxy) is 1. The average Bonchev–Trinajstić information content (AvgIpc) is 3.16. The molecule has 2 rings (SSSR count). The van der Waals surface area contributed by atoms with Crippen LogP contribution in [0.1, 0.15) is 18.6 Å². The molecule has 142 valence electrons. The third-order valence-corrected chi connectivity index (χ3v) is 3.60. The summed E-state index contributed by atoms with van der Waals surface area (Å²) in [4.78, 5) is 4.27. The van der Waals surface area contributed by atoms with Gasteiger partial charge in [-0.05, 0) is 19.1 Å². The van der Waals surface area contributed by atoms with Crippen LogP contribution in [0.25, 0.3) is 11.3 Å². The summed E-state index contributed by atoms with van der Waals surface area (Å²) in [5, 5.41) is 5.00. The van der Waals surface area contributed by atoms with Gasteiger partial charge in [0.1, 0.15) is 11.5 Å². The van der Waals surface area contributed by atoms with E-state index in [1.54, 1.807) is 24.3 Å². The molecule has 7 nitrogen and oxygen atoms in total. The number of benzene rings is 1. The van der Waals surface area contributed by atoms with E-state index in [0.717, 1.165) is 5.01 Å². The van der Waals surface area contributed by atoms with Crippen molar-refractivity contribution in [3.8, 4) is 0 Å². The number of para-hydroxylation sites is 1. The Morgan fingerprint density at radius 1 is 1.41 bits per heavy atom. The van der Waals surface area contributed by atoms with Crippen molar-refractivity contribution in [2.45, 2.75) is 6.92 Å². The lowest BCUT2D eigenvalue weighted by Crippen LogP contribution is -2.35. The molecule has 0 atom stereocenters. The number of aromatic nitrogens is 2. The van der Waals surface area contributed by atoms with Crippen LogP contribution in [-0.4, -0.2) is 23.9 Å². The van der Waals surface area contributed by atoms with Crippen LogP contribution in [0.2, 0.25) is 0 Å². The first kappa shape index (κ1) is 20.1. The first-order valence-corrected chi connectivity index (χ1v) is 8.10. The van der Waals surface area contributed by atoms with Gasteiger partial charge in [-0.15, -0.1) is 0 Å².